The molecule has 2 aliphatic heterocycles. The minimum absolute atomic E-state index is 0.307. The standard InChI is InChI=1S/C32H25Cl2N7/c1-18-11-13-22(16-19(18)2)36-30-32-38-31-28(20(3)39-41(31)27-10-6-7-15-35-27)29(21-12-14-23(33)24(34)17-21)40(32)26-9-5-4-8-25(26)37-30/h4-17,29H,1-3H3,(H,36,37). The fourth-order valence-corrected chi connectivity index (χ4v) is 5.70. The van der Waals surface area contributed by atoms with Gasteiger partial charge in [-0.25, -0.2) is 15.0 Å². The number of pyridine rings is 1. The molecule has 0 amide bonds. The van der Waals surface area contributed by atoms with Gasteiger partial charge in [0.25, 0.3) is 0 Å². The van der Waals surface area contributed by atoms with Crippen LogP contribution in [-0.2, 0) is 0 Å². The van der Waals surface area contributed by atoms with Crippen LogP contribution in [0.2, 0.25) is 10.0 Å². The van der Waals surface area contributed by atoms with Crippen molar-refractivity contribution >= 4 is 57.8 Å². The van der Waals surface area contributed by atoms with E-state index in [0.717, 1.165) is 33.9 Å². The Bertz CT molecular complexity index is 1890. The van der Waals surface area contributed by atoms with Crippen LogP contribution < -0.4 is 10.2 Å². The summed E-state index contributed by atoms with van der Waals surface area (Å²) in [6.45, 7) is 6.20. The summed E-state index contributed by atoms with van der Waals surface area (Å²) in [4.78, 5) is 17.1. The second-order valence-corrected chi connectivity index (χ2v) is 11.0. The summed E-state index contributed by atoms with van der Waals surface area (Å²) in [5.74, 6) is 2.67. The van der Waals surface area contributed by atoms with Gasteiger partial charge in [0.05, 0.1) is 33.2 Å². The second kappa shape index (κ2) is 9.87. The maximum absolute atomic E-state index is 6.59. The van der Waals surface area contributed by atoms with Gasteiger partial charge in [-0.1, -0.05) is 53.5 Å². The van der Waals surface area contributed by atoms with Crippen molar-refractivity contribution in [3.63, 3.8) is 0 Å². The lowest BCUT2D eigenvalue weighted by molar-refractivity contribution is 0.810. The third-order valence-electron chi connectivity index (χ3n) is 7.53. The highest BCUT2D eigenvalue weighted by atomic mass is 35.5. The van der Waals surface area contributed by atoms with Gasteiger partial charge in [0.15, 0.2) is 23.3 Å². The second-order valence-electron chi connectivity index (χ2n) is 10.2. The van der Waals surface area contributed by atoms with Crippen LogP contribution in [0.3, 0.4) is 0 Å². The molecule has 9 heteroatoms. The van der Waals surface area contributed by atoms with Gasteiger partial charge in [-0.05, 0) is 86.0 Å². The van der Waals surface area contributed by atoms with Crippen LogP contribution >= 0.6 is 23.2 Å². The Balaban J connectivity index is 1.50. The van der Waals surface area contributed by atoms with E-state index in [0.29, 0.717) is 33.4 Å². The molecule has 1 N–H and O–H groups in total. The van der Waals surface area contributed by atoms with Gasteiger partial charge < -0.3 is 10.2 Å². The van der Waals surface area contributed by atoms with E-state index >= 15 is 0 Å². The molecule has 5 aromatic rings. The van der Waals surface area contributed by atoms with E-state index in [9.17, 15) is 0 Å². The number of halogens is 2. The lowest BCUT2D eigenvalue weighted by Crippen LogP contribution is -2.46. The first-order valence-electron chi connectivity index (χ1n) is 13.2. The average molecular weight is 579 g/mol. The topological polar surface area (TPSA) is 70.7 Å². The van der Waals surface area contributed by atoms with E-state index in [1.807, 2.05) is 61.5 Å². The van der Waals surface area contributed by atoms with E-state index in [1.165, 1.54) is 11.1 Å². The Morgan fingerprint density at radius 3 is 2.41 bits per heavy atom. The molecule has 0 bridgehead atoms. The number of aryl methyl sites for hydroxylation is 3. The van der Waals surface area contributed by atoms with E-state index in [2.05, 4.69) is 53.3 Å². The Kier molecular flexibility index (Phi) is 6.14. The van der Waals surface area contributed by atoms with Gasteiger partial charge in [0, 0.05) is 17.4 Å². The Hall–Kier alpha value is -4.46. The van der Waals surface area contributed by atoms with Crippen LogP contribution in [0.15, 0.2) is 95.0 Å². The summed E-state index contributed by atoms with van der Waals surface area (Å²) in [6, 6.07) is 25.6. The van der Waals surface area contributed by atoms with E-state index in [1.54, 1.807) is 10.9 Å². The van der Waals surface area contributed by atoms with Gasteiger partial charge in [-0.2, -0.15) is 9.78 Å². The maximum atomic E-state index is 6.59. The molecule has 4 heterocycles. The molecule has 0 radical (unpaired) electrons. The summed E-state index contributed by atoms with van der Waals surface area (Å²) < 4.78 is 1.80. The molecule has 41 heavy (non-hydrogen) atoms. The van der Waals surface area contributed by atoms with E-state index in [4.69, 9.17) is 38.3 Å². The Morgan fingerprint density at radius 1 is 0.805 bits per heavy atom. The van der Waals surface area contributed by atoms with Crippen molar-refractivity contribution in [1.82, 2.24) is 14.8 Å². The summed E-state index contributed by atoms with van der Waals surface area (Å²) >= 11 is 13.0. The third kappa shape index (κ3) is 4.29. The number of aliphatic imine (C=N–C) groups is 2. The predicted molar refractivity (Wildman–Crippen MR) is 167 cm³/mol. The smallest absolute Gasteiger partial charge is 0.179 e. The molecule has 2 aromatic heterocycles. The quantitative estimate of drug-likeness (QED) is 0.234. The Morgan fingerprint density at radius 2 is 1.63 bits per heavy atom. The highest BCUT2D eigenvalue weighted by molar-refractivity contribution is 6.51. The van der Waals surface area contributed by atoms with Crippen molar-refractivity contribution in [1.29, 1.82) is 0 Å². The van der Waals surface area contributed by atoms with Gasteiger partial charge in [0.1, 0.15) is 0 Å². The molecule has 202 valence electrons. The number of nitrogens with zero attached hydrogens (tertiary/aromatic N) is 6. The molecule has 0 saturated heterocycles. The molecule has 0 spiro atoms. The molecule has 0 aliphatic carbocycles. The van der Waals surface area contributed by atoms with Crippen molar-refractivity contribution in [3.8, 4) is 5.82 Å². The summed E-state index contributed by atoms with van der Waals surface area (Å²) in [5, 5.41) is 9.47. The van der Waals surface area contributed by atoms with Crippen molar-refractivity contribution in [2.24, 2.45) is 9.98 Å². The first kappa shape index (κ1) is 25.5. The zero-order valence-electron chi connectivity index (χ0n) is 22.6. The van der Waals surface area contributed by atoms with Crippen molar-refractivity contribution < 1.29 is 0 Å². The van der Waals surface area contributed by atoms with Crippen LogP contribution in [-0.4, -0.2) is 26.4 Å². The number of rotatable bonds is 3. The number of amidine groups is 2. The molecule has 7 rings (SSSR count). The summed E-state index contributed by atoms with van der Waals surface area (Å²) in [6.07, 6.45) is 1.75. The van der Waals surface area contributed by atoms with Gasteiger partial charge >= 0.3 is 0 Å². The number of hydrogen-bond donors (Lipinski definition) is 1. The average Bonchev–Trinajstić information content (AvgIpc) is 3.32. The highest BCUT2D eigenvalue weighted by Gasteiger charge is 2.41. The molecule has 1 unspecified atom stereocenters. The normalized spacial score (nSPS) is 15.4. The molecule has 0 fully saturated rings. The molecular formula is C32H25Cl2N7. The van der Waals surface area contributed by atoms with Crippen molar-refractivity contribution in [3.05, 3.63) is 123 Å². The van der Waals surface area contributed by atoms with E-state index < -0.39 is 0 Å². The lowest BCUT2D eigenvalue weighted by atomic mass is 9.93. The fraction of sp³-hybridized carbons (Fsp3) is 0.125. The monoisotopic (exact) mass is 577 g/mol. The summed E-state index contributed by atoms with van der Waals surface area (Å²) in [5.41, 5.74) is 7.87. The maximum Gasteiger partial charge on any atom is 0.179 e. The van der Waals surface area contributed by atoms with Crippen LogP contribution in [0, 0.1) is 20.8 Å². The number of benzene rings is 3. The van der Waals surface area contributed by atoms with Crippen molar-refractivity contribution in [2.45, 2.75) is 26.8 Å². The van der Waals surface area contributed by atoms with Crippen LogP contribution in [0.4, 0.5) is 22.9 Å². The highest BCUT2D eigenvalue weighted by Crippen LogP contribution is 2.48. The zero-order valence-corrected chi connectivity index (χ0v) is 24.1. The lowest BCUT2D eigenvalue weighted by Gasteiger charge is -2.40. The molecule has 2 aliphatic rings. The third-order valence-corrected chi connectivity index (χ3v) is 8.27. The largest absolute Gasteiger partial charge is 0.337 e. The Labute approximate surface area is 247 Å². The number of fused-ring (bicyclic) bond motifs is 4. The molecule has 3 aromatic carbocycles. The first-order valence-corrected chi connectivity index (χ1v) is 14.0. The van der Waals surface area contributed by atoms with Crippen LogP contribution in [0.25, 0.3) is 5.82 Å². The minimum atomic E-state index is -0.307. The number of aromatic nitrogens is 3. The number of nitrogens with one attached hydrogen (secondary N) is 1. The number of para-hydroxylation sites is 2. The van der Waals surface area contributed by atoms with Gasteiger partial charge in [-0.15, -0.1) is 0 Å². The van der Waals surface area contributed by atoms with Gasteiger partial charge in [0.2, 0.25) is 0 Å². The van der Waals surface area contributed by atoms with E-state index in [-0.39, 0.29) is 6.04 Å². The minimum Gasteiger partial charge on any atom is -0.337 e. The number of hydrogen-bond acceptors (Lipinski definition) is 6. The van der Waals surface area contributed by atoms with Crippen LogP contribution in [0.5, 0.6) is 0 Å². The molecule has 1 atom stereocenters. The SMILES string of the molecule is Cc1ccc(NC2=Nc3ccccc3N3C2=Nc2c(c(C)nn2-c2ccccn2)C3c2ccc(Cl)c(Cl)c2)cc1C. The van der Waals surface area contributed by atoms with Crippen LogP contribution in [0.1, 0.15) is 34.0 Å². The first-order chi connectivity index (χ1) is 19.9. The van der Waals surface area contributed by atoms with Gasteiger partial charge in [-0.3, -0.25) is 0 Å². The molecule has 0 saturated carbocycles. The zero-order chi connectivity index (χ0) is 28.2. The fourth-order valence-electron chi connectivity index (χ4n) is 5.39. The predicted octanol–water partition coefficient (Wildman–Crippen LogP) is 8.29. The molecule has 7 nitrogen and oxygen atoms in total. The molecular weight excluding hydrogens is 553 g/mol. The van der Waals surface area contributed by atoms with Crippen molar-refractivity contribution in [2.75, 3.05) is 10.2 Å². The summed E-state index contributed by atoms with van der Waals surface area (Å²) in [7, 11) is 0. The number of anilines is 2.